The van der Waals surface area contributed by atoms with Crippen LogP contribution in [-0.2, 0) is 28.5 Å². The summed E-state index contributed by atoms with van der Waals surface area (Å²) in [6, 6.07) is 0. The summed E-state index contributed by atoms with van der Waals surface area (Å²) in [6.45, 7) is 6.32. The number of aliphatic hydroxyl groups excluding tert-OH is 3. The molecule has 6 fully saturated rings. The normalized spacial score (nSPS) is 58.8. The molecule has 0 radical (unpaired) electrons. The first kappa shape index (κ1) is 27.7. The van der Waals surface area contributed by atoms with Gasteiger partial charge >= 0.3 is 5.97 Å². The van der Waals surface area contributed by atoms with E-state index in [0.29, 0.717) is 12.8 Å². The van der Waals surface area contributed by atoms with Crippen molar-refractivity contribution in [3.05, 3.63) is 11.6 Å². The Labute approximate surface area is 234 Å². The van der Waals surface area contributed by atoms with E-state index in [1.807, 2.05) is 0 Å². The molecule has 3 heterocycles. The molecule has 40 heavy (non-hydrogen) atoms. The summed E-state index contributed by atoms with van der Waals surface area (Å²) >= 11 is 0. The van der Waals surface area contributed by atoms with Gasteiger partial charge in [0.05, 0.1) is 24.4 Å². The SMILES string of the molecule is COC1C(O)[C@H](O[C@H]2CC[C@]3(C)C4C(O)C[C@]5(C)[C@@H](C6=CC(=O)OC6)CC[C@]5(O)C45O[C@H]5C[C@@H]3C2)OC(C)[C@@H]1O. The molecule has 224 valence electrons. The molecule has 15 atom stereocenters. The predicted octanol–water partition coefficient (Wildman–Crippen LogP) is 1.21. The number of carbonyl (C=O) groups excluding carboxylic acids is 1. The summed E-state index contributed by atoms with van der Waals surface area (Å²) in [7, 11) is 1.46. The number of carbonyl (C=O) groups is 1. The number of cyclic esters (lactones) is 1. The molecule has 4 saturated carbocycles. The van der Waals surface area contributed by atoms with E-state index in [2.05, 4.69) is 13.8 Å². The van der Waals surface area contributed by atoms with Crippen LogP contribution >= 0.6 is 0 Å². The summed E-state index contributed by atoms with van der Waals surface area (Å²) < 4.78 is 29.3. The van der Waals surface area contributed by atoms with E-state index in [4.69, 9.17) is 23.7 Å². The maximum absolute atomic E-state index is 12.6. The Balaban J connectivity index is 1.12. The van der Waals surface area contributed by atoms with Gasteiger partial charge in [-0.25, -0.2) is 4.79 Å². The molecule has 1 spiro atoms. The van der Waals surface area contributed by atoms with Gasteiger partial charge in [0.15, 0.2) is 6.29 Å². The average molecular weight is 565 g/mol. The second-order valence-electron chi connectivity index (χ2n) is 14.2. The highest BCUT2D eigenvalue weighted by molar-refractivity contribution is 5.85. The van der Waals surface area contributed by atoms with E-state index < -0.39 is 53.4 Å². The molecular weight excluding hydrogens is 520 g/mol. The van der Waals surface area contributed by atoms with Crippen LogP contribution in [0.1, 0.15) is 65.7 Å². The van der Waals surface area contributed by atoms with Crippen LogP contribution in [0.5, 0.6) is 0 Å². The van der Waals surface area contributed by atoms with Crippen LogP contribution in [0.2, 0.25) is 0 Å². The monoisotopic (exact) mass is 564 g/mol. The van der Waals surface area contributed by atoms with Crippen molar-refractivity contribution < 1.29 is 48.9 Å². The van der Waals surface area contributed by atoms with Crippen LogP contribution in [0.4, 0.5) is 0 Å². The van der Waals surface area contributed by atoms with Gasteiger partial charge in [0.2, 0.25) is 0 Å². The van der Waals surface area contributed by atoms with Gasteiger partial charge in [-0.1, -0.05) is 13.8 Å². The lowest BCUT2D eigenvalue weighted by atomic mass is 9.42. The van der Waals surface area contributed by atoms with Crippen LogP contribution < -0.4 is 0 Å². The number of methoxy groups -OCH3 is 1. The molecule has 10 heteroatoms. The first-order valence-corrected chi connectivity index (χ1v) is 15.0. The van der Waals surface area contributed by atoms with Crippen molar-refractivity contribution in [3.63, 3.8) is 0 Å². The number of epoxide rings is 1. The van der Waals surface area contributed by atoms with Gasteiger partial charge < -0.3 is 44.1 Å². The van der Waals surface area contributed by atoms with Gasteiger partial charge in [-0.15, -0.1) is 0 Å². The summed E-state index contributed by atoms with van der Waals surface area (Å²) in [6.07, 6.45) is 1.17. The molecule has 0 amide bonds. The fourth-order valence-electron chi connectivity index (χ4n) is 10.6. The van der Waals surface area contributed by atoms with E-state index in [-0.39, 0.29) is 48.0 Å². The van der Waals surface area contributed by atoms with Crippen molar-refractivity contribution in [2.75, 3.05) is 13.7 Å². The number of aliphatic hydroxyl groups is 4. The third-order valence-electron chi connectivity index (χ3n) is 12.6. The Bertz CT molecular complexity index is 1100. The van der Waals surface area contributed by atoms with Gasteiger partial charge in [-0.05, 0) is 74.7 Å². The largest absolute Gasteiger partial charge is 0.458 e. The molecule has 10 nitrogen and oxygen atoms in total. The first-order valence-electron chi connectivity index (χ1n) is 15.0. The van der Waals surface area contributed by atoms with Gasteiger partial charge in [0.25, 0.3) is 0 Å². The smallest absolute Gasteiger partial charge is 0.331 e. The average Bonchev–Trinajstić information content (AvgIpc) is 3.34. The van der Waals surface area contributed by atoms with Gasteiger partial charge in [-0.3, -0.25) is 0 Å². The molecule has 0 bridgehead atoms. The van der Waals surface area contributed by atoms with Crippen molar-refractivity contribution in [3.8, 4) is 0 Å². The van der Waals surface area contributed by atoms with Crippen LogP contribution in [0.15, 0.2) is 11.6 Å². The van der Waals surface area contributed by atoms with E-state index in [0.717, 1.165) is 37.7 Å². The molecule has 0 aromatic heterocycles. The Morgan fingerprint density at radius 3 is 2.55 bits per heavy atom. The van der Waals surface area contributed by atoms with Gasteiger partial charge in [-0.2, -0.15) is 0 Å². The lowest BCUT2D eigenvalue weighted by molar-refractivity contribution is -0.313. The third-order valence-corrected chi connectivity index (χ3v) is 12.6. The summed E-state index contributed by atoms with van der Waals surface area (Å²) in [5.41, 5.74) is -1.84. The van der Waals surface area contributed by atoms with Crippen LogP contribution in [0.3, 0.4) is 0 Å². The van der Waals surface area contributed by atoms with E-state index in [9.17, 15) is 25.2 Å². The third kappa shape index (κ3) is 3.42. The first-order chi connectivity index (χ1) is 18.9. The minimum Gasteiger partial charge on any atom is -0.458 e. The van der Waals surface area contributed by atoms with Crippen molar-refractivity contribution in [1.82, 2.24) is 0 Å². The molecule has 7 rings (SSSR count). The zero-order valence-corrected chi connectivity index (χ0v) is 23.8. The number of hydrogen-bond acceptors (Lipinski definition) is 10. The lowest BCUT2D eigenvalue weighted by Crippen LogP contribution is -2.72. The van der Waals surface area contributed by atoms with Crippen molar-refractivity contribution in [2.45, 2.75) is 126 Å². The van der Waals surface area contributed by atoms with Crippen molar-refractivity contribution >= 4 is 5.97 Å². The number of fused-ring (bicyclic) bond motifs is 3. The second kappa shape index (κ2) is 8.95. The summed E-state index contributed by atoms with van der Waals surface area (Å²) in [5, 5.41) is 45.6. The van der Waals surface area contributed by atoms with E-state index >= 15 is 0 Å². The predicted molar refractivity (Wildman–Crippen MR) is 139 cm³/mol. The van der Waals surface area contributed by atoms with Crippen LogP contribution in [0.25, 0.3) is 0 Å². The van der Waals surface area contributed by atoms with Crippen LogP contribution in [-0.4, -0.2) is 100 Å². The van der Waals surface area contributed by atoms with E-state index in [1.54, 1.807) is 13.0 Å². The van der Waals surface area contributed by atoms with E-state index in [1.165, 1.54) is 7.11 Å². The zero-order valence-electron chi connectivity index (χ0n) is 23.8. The second-order valence-corrected chi connectivity index (χ2v) is 14.2. The zero-order chi connectivity index (χ0) is 28.4. The number of rotatable bonds is 4. The van der Waals surface area contributed by atoms with Gasteiger partial charge in [0, 0.05) is 24.5 Å². The lowest BCUT2D eigenvalue weighted by Gasteiger charge is -2.63. The Morgan fingerprint density at radius 1 is 1.07 bits per heavy atom. The van der Waals surface area contributed by atoms with Crippen LogP contribution in [0, 0.1) is 28.6 Å². The molecular formula is C30H44O10. The molecule has 7 aliphatic rings. The molecule has 4 N–H and O–H groups in total. The fraction of sp³-hybridized carbons (Fsp3) is 0.900. The van der Waals surface area contributed by atoms with Crippen molar-refractivity contribution in [2.24, 2.45) is 28.6 Å². The molecule has 0 aromatic carbocycles. The highest BCUT2D eigenvalue weighted by atomic mass is 16.7. The Morgan fingerprint density at radius 2 is 1.85 bits per heavy atom. The molecule has 6 unspecified atom stereocenters. The fourth-order valence-corrected chi connectivity index (χ4v) is 10.6. The molecule has 0 aromatic rings. The number of hydrogen-bond donors (Lipinski definition) is 4. The maximum atomic E-state index is 12.6. The summed E-state index contributed by atoms with van der Waals surface area (Å²) in [5.74, 6) is -0.362. The quantitative estimate of drug-likeness (QED) is 0.223. The number of ether oxygens (including phenoxy) is 5. The minimum atomic E-state index is -1.10. The highest BCUT2D eigenvalue weighted by Gasteiger charge is 2.86. The highest BCUT2D eigenvalue weighted by Crippen LogP contribution is 2.77. The Hall–Kier alpha value is -1.11. The minimum absolute atomic E-state index is 0.0350. The summed E-state index contributed by atoms with van der Waals surface area (Å²) in [4.78, 5) is 11.9. The Kier molecular flexibility index (Phi) is 6.20. The standard InChI is InChI=1S/C30H44O10/c1-14-22(33)24(36-4)23(34)26(38-14)39-17-5-7-27(2)16(10-17)11-20-30(40-20)25(27)19(31)12-28(3)18(6-8-29(28,30)35)15-9-21(32)37-13-15/h9,14,16-20,22-26,31,33-35H,5-8,10-13H2,1-4H3/t14?,16-,17-,18+,19?,20-,22-,23?,24?,25?,26-,27-,28+,29+,30?/m0/s1. The molecule has 2 saturated heterocycles. The molecule has 3 aliphatic heterocycles. The van der Waals surface area contributed by atoms with Gasteiger partial charge in [0.1, 0.15) is 36.1 Å². The maximum Gasteiger partial charge on any atom is 0.331 e. The molecule has 4 aliphatic carbocycles. The topological polar surface area (TPSA) is 147 Å². The van der Waals surface area contributed by atoms with Crippen molar-refractivity contribution in [1.29, 1.82) is 0 Å². The number of esters is 1.